The maximum absolute atomic E-state index is 13.1. The summed E-state index contributed by atoms with van der Waals surface area (Å²) in [5, 5.41) is 2.62. The molecule has 0 saturated carbocycles. The maximum Gasteiger partial charge on any atom is 0.270 e. The molecule has 0 aliphatic heterocycles. The van der Waals surface area contributed by atoms with Gasteiger partial charge in [-0.2, -0.15) is 4.37 Å². The van der Waals surface area contributed by atoms with E-state index >= 15 is 0 Å². The van der Waals surface area contributed by atoms with Crippen LogP contribution in [0.25, 0.3) is 0 Å². The van der Waals surface area contributed by atoms with Gasteiger partial charge in [-0.25, -0.2) is 4.39 Å². The Morgan fingerprint density at radius 2 is 1.96 bits per heavy atom. The monoisotopic (exact) mass is 409 g/mol. The number of amides is 3. The van der Waals surface area contributed by atoms with Gasteiger partial charge in [0.1, 0.15) is 17.2 Å². The normalized spacial score (nSPS) is 10.5. The highest BCUT2D eigenvalue weighted by atomic mass is 32.1. The quantitative estimate of drug-likeness (QED) is 0.511. The van der Waals surface area contributed by atoms with Crippen LogP contribution in [0.2, 0.25) is 0 Å². The van der Waals surface area contributed by atoms with Crippen LogP contribution in [0.1, 0.15) is 25.7 Å². The van der Waals surface area contributed by atoms with Crippen molar-refractivity contribution in [3.63, 3.8) is 0 Å². The van der Waals surface area contributed by atoms with Gasteiger partial charge in [-0.05, 0) is 29.2 Å². The fourth-order valence-corrected chi connectivity index (χ4v) is 3.08. The molecule has 0 radical (unpaired) electrons. The van der Waals surface area contributed by atoms with Crippen LogP contribution in [-0.2, 0) is 16.1 Å². The van der Waals surface area contributed by atoms with Crippen molar-refractivity contribution < 1.29 is 23.5 Å². The van der Waals surface area contributed by atoms with Crippen molar-refractivity contribution in [2.24, 2.45) is 5.73 Å². The van der Waals surface area contributed by atoms with Gasteiger partial charge in [0, 0.05) is 20.2 Å². The number of benzene rings is 1. The molecule has 0 saturated heterocycles. The van der Waals surface area contributed by atoms with Crippen LogP contribution in [-0.4, -0.2) is 53.8 Å². The summed E-state index contributed by atoms with van der Waals surface area (Å²) in [5.74, 6) is -2.27. The molecule has 1 aromatic carbocycles. The highest BCUT2D eigenvalue weighted by Crippen LogP contribution is 2.24. The largest absolute Gasteiger partial charge is 0.395 e. The fourth-order valence-electron chi connectivity index (χ4n) is 2.30. The van der Waals surface area contributed by atoms with Crippen LogP contribution in [0, 0.1) is 5.82 Å². The lowest BCUT2D eigenvalue weighted by Crippen LogP contribution is -2.41. The van der Waals surface area contributed by atoms with Gasteiger partial charge in [-0.1, -0.05) is 12.1 Å². The van der Waals surface area contributed by atoms with Gasteiger partial charge in [0.05, 0.1) is 12.3 Å². The third kappa shape index (κ3) is 5.47. The number of rotatable bonds is 9. The van der Waals surface area contributed by atoms with Crippen LogP contribution in [0.15, 0.2) is 24.3 Å². The summed E-state index contributed by atoms with van der Waals surface area (Å²) >= 11 is 0.724. The van der Waals surface area contributed by atoms with Gasteiger partial charge in [-0.15, -0.1) is 0 Å². The minimum Gasteiger partial charge on any atom is -0.395 e. The molecule has 9 nitrogen and oxygen atoms in total. The molecule has 28 heavy (non-hydrogen) atoms. The van der Waals surface area contributed by atoms with Crippen molar-refractivity contribution in [2.75, 3.05) is 32.5 Å². The second-order valence-corrected chi connectivity index (χ2v) is 6.54. The SMILES string of the molecule is COCCNC(=O)CN(Cc1ccc(F)cc1)C(=O)c1snc(C(N)=O)c1N. The number of hydrogen-bond donors (Lipinski definition) is 3. The predicted molar refractivity (Wildman–Crippen MR) is 101 cm³/mol. The molecule has 0 spiro atoms. The number of nitrogens with zero attached hydrogens (tertiary/aromatic N) is 2. The number of carbonyl (C=O) groups is 3. The Morgan fingerprint density at radius 1 is 1.29 bits per heavy atom. The molecule has 0 bridgehead atoms. The number of ether oxygens (including phenoxy) is 1. The predicted octanol–water partition coefficient (Wildman–Crippen LogP) is 0.368. The van der Waals surface area contributed by atoms with Crippen molar-refractivity contribution in [1.82, 2.24) is 14.6 Å². The van der Waals surface area contributed by atoms with E-state index in [-0.39, 0.29) is 35.9 Å². The highest BCUT2D eigenvalue weighted by molar-refractivity contribution is 7.09. The molecule has 11 heteroatoms. The van der Waals surface area contributed by atoms with Crippen LogP contribution in [0.5, 0.6) is 0 Å². The van der Waals surface area contributed by atoms with E-state index < -0.39 is 23.5 Å². The zero-order valence-corrected chi connectivity index (χ0v) is 15.9. The number of aromatic nitrogens is 1. The summed E-state index contributed by atoms with van der Waals surface area (Å²) < 4.78 is 21.8. The topological polar surface area (TPSA) is 141 Å². The number of halogens is 1. The molecule has 150 valence electrons. The molecule has 2 rings (SSSR count). The van der Waals surface area contributed by atoms with Crippen LogP contribution in [0.3, 0.4) is 0 Å². The van der Waals surface area contributed by atoms with Crippen molar-refractivity contribution in [3.8, 4) is 0 Å². The Balaban J connectivity index is 2.23. The number of nitrogens with two attached hydrogens (primary N) is 2. The van der Waals surface area contributed by atoms with Crippen molar-refractivity contribution in [3.05, 3.63) is 46.2 Å². The average molecular weight is 409 g/mol. The summed E-state index contributed by atoms with van der Waals surface area (Å²) in [6.45, 7) is 0.354. The lowest BCUT2D eigenvalue weighted by Gasteiger charge is -2.22. The molecule has 2 aromatic rings. The maximum atomic E-state index is 13.1. The molecule has 0 aliphatic carbocycles. The molecule has 0 fully saturated rings. The van der Waals surface area contributed by atoms with E-state index in [2.05, 4.69) is 9.69 Å². The number of methoxy groups -OCH3 is 1. The summed E-state index contributed by atoms with van der Waals surface area (Å²) in [6.07, 6.45) is 0. The van der Waals surface area contributed by atoms with E-state index in [0.717, 1.165) is 11.5 Å². The van der Waals surface area contributed by atoms with Crippen LogP contribution >= 0.6 is 11.5 Å². The van der Waals surface area contributed by atoms with Crippen molar-refractivity contribution in [1.29, 1.82) is 0 Å². The number of anilines is 1. The third-order valence-corrected chi connectivity index (χ3v) is 4.54. The van der Waals surface area contributed by atoms with Gasteiger partial charge < -0.3 is 26.4 Å². The Labute approximate surface area is 164 Å². The zero-order chi connectivity index (χ0) is 20.7. The first-order valence-electron chi connectivity index (χ1n) is 8.17. The van der Waals surface area contributed by atoms with E-state index in [0.29, 0.717) is 12.2 Å². The Hall–Kier alpha value is -3.05. The molecule has 3 amide bonds. The molecule has 1 heterocycles. The standard InChI is InChI=1S/C17H20FN5O4S/c1-27-7-6-21-12(24)9-23(8-10-2-4-11(18)5-3-10)17(26)15-13(19)14(16(20)25)22-28-15/h2-5H,6-9,19H2,1H3,(H2,20,25)(H,21,24). The summed E-state index contributed by atoms with van der Waals surface area (Å²) in [7, 11) is 1.50. The number of nitrogen functional groups attached to an aromatic ring is 1. The second-order valence-electron chi connectivity index (χ2n) is 5.77. The molecular weight excluding hydrogens is 389 g/mol. The second kappa shape index (κ2) is 9.76. The third-order valence-electron chi connectivity index (χ3n) is 3.69. The van der Waals surface area contributed by atoms with Gasteiger partial charge >= 0.3 is 0 Å². The van der Waals surface area contributed by atoms with Gasteiger partial charge in [0.2, 0.25) is 5.91 Å². The summed E-state index contributed by atoms with van der Waals surface area (Å²) in [5.41, 5.74) is 11.3. The molecule has 1 aromatic heterocycles. The van der Waals surface area contributed by atoms with E-state index in [4.69, 9.17) is 16.2 Å². The van der Waals surface area contributed by atoms with Crippen LogP contribution < -0.4 is 16.8 Å². The van der Waals surface area contributed by atoms with Crippen molar-refractivity contribution >= 4 is 34.9 Å². The van der Waals surface area contributed by atoms with Crippen LogP contribution in [0.4, 0.5) is 10.1 Å². The smallest absolute Gasteiger partial charge is 0.270 e. The number of hydrogen-bond acceptors (Lipinski definition) is 7. The molecule has 0 unspecified atom stereocenters. The lowest BCUT2D eigenvalue weighted by molar-refractivity contribution is -0.122. The molecule has 5 N–H and O–H groups in total. The van der Waals surface area contributed by atoms with E-state index in [9.17, 15) is 18.8 Å². The number of nitrogens with one attached hydrogen (secondary N) is 1. The Kier molecular flexibility index (Phi) is 7.41. The van der Waals surface area contributed by atoms with E-state index in [1.54, 1.807) is 0 Å². The van der Waals surface area contributed by atoms with E-state index in [1.165, 1.54) is 36.3 Å². The first-order chi connectivity index (χ1) is 13.3. The van der Waals surface area contributed by atoms with Gasteiger partial charge in [0.25, 0.3) is 11.8 Å². The summed E-state index contributed by atoms with van der Waals surface area (Å²) in [4.78, 5) is 37.6. The highest BCUT2D eigenvalue weighted by Gasteiger charge is 2.26. The minimum atomic E-state index is -0.852. The van der Waals surface area contributed by atoms with Crippen molar-refractivity contribution in [2.45, 2.75) is 6.54 Å². The first kappa shape index (κ1) is 21.3. The molecular formula is C17H20FN5O4S. The minimum absolute atomic E-state index is 0.000559. The lowest BCUT2D eigenvalue weighted by atomic mass is 10.2. The molecule has 0 aliphatic rings. The number of carbonyl (C=O) groups excluding carboxylic acids is 3. The molecule has 0 atom stereocenters. The Morgan fingerprint density at radius 3 is 2.54 bits per heavy atom. The average Bonchev–Trinajstić information content (AvgIpc) is 3.04. The zero-order valence-electron chi connectivity index (χ0n) is 15.1. The first-order valence-corrected chi connectivity index (χ1v) is 8.95. The number of primary amides is 1. The fraction of sp³-hybridized carbons (Fsp3) is 0.294. The van der Waals surface area contributed by atoms with Gasteiger partial charge in [0.15, 0.2) is 5.69 Å². The Bertz CT molecular complexity index is 856. The van der Waals surface area contributed by atoms with E-state index in [1.807, 2.05) is 0 Å². The van der Waals surface area contributed by atoms with Gasteiger partial charge in [-0.3, -0.25) is 14.4 Å². The summed E-state index contributed by atoms with van der Waals surface area (Å²) in [6, 6.07) is 5.51.